The third-order valence-corrected chi connectivity index (χ3v) is 5.83. The maximum atomic E-state index is 14.6. The zero-order chi connectivity index (χ0) is 24.1. The highest BCUT2D eigenvalue weighted by Crippen LogP contribution is 2.43. The Bertz CT molecular complexity index is 1590. The first-order valence-electron chi connectivity index (χ1n) is 10.3. The van der Waals surface area contributed by atoms with Gasteiger partial charge in [0.2, 0.25) is 0 Å². The Morgan fingerprint density at radius 1 is 0.735 bits per heavy atom. The van der Waals surface area contributed by atoms with Crippen molar-refractivity contribution < 1.29 is 28.5 Å². The van der Waals surface area contributed by atoms with Crippen LogP contribution in [0, 0.1) is 12.7 Å². The molecule has 0 fully saturated rings. The lowest BCUT2D eigenvalue weighted by molar-refractivity contribution is 0.426. The highest BCUT2D eigenvalue weighted by Gasteiger charge is 2.33. The summed E-state index contributed by atoms with van der Waals surface area (Å²) < 4.78 is 25.3. The molecular weight excluding hydrogens is 443 g/mol. The minimum atomic E-state index is -1.48. The van der Waals surface area contributed by atoms with Gasteiger partial charge in [-0.3, -0.25) is 0 Å². The topological polar surface area (TPSA) is 121 Å². The summed E-state index contributed by atoms with van der Waals surface area (Å²) in [5.74, 6) is -4.07. The molecule has 3 aromatic carbocycles. The third kappa shape index (κ3) is 3.19. The van der Waals surface area contributed by atoms with E-state index in [1.165, 1.54) is 37.3 Å². The molecule has 2 heterocycles. The molecule has 2 aromatic heterocycles. The van der Waals surface area contributed by atoms with Gasteiger partial charge in [-0.1, -0.05) is 30.3 Å². The van der Waals surface area contributed by atoms with Crippen LogP contribution in [0.4, 0.5) is 4.39 Å². The van der Waals surface area contributed by atoms with E-state index in [1.807, 2.05) is 0 Å². The van der Waals surface area contributed by atoms with Gasteiger partial charge in [0, 0.05) is 0 Å². The maximum Gasteiger partial charge on any atom is 0.344 e. The largest absolute Gasteiger partial charge is 0.507 e. The van der Waals surface area contributed by atoms with Crippen LogP contribution in [0.25, 0.3) is 21.9 Å². The molecule has 0 spiro atoms. The zero-order valence-electron chi connectivity index (χ0n) is 17.7. The molecule has 0 saturated heterocycles. The van der Waals surface area contributed by atoms with Gasteiger partial charge in [0.25, 0.3) is 0 Å². The quantitative estimate of drug-likeness (QED) is 0.335. The SMILES string of the molecule is Cc1cc(C(c2c(O)c3ccccc3oc2=O)c2c(O)c3ccccc3oc2=O)cc(F)c1O. The van der Waals surface area contributed by atoms with Gasteiger partial charge >= 0.3 is 11.3 Å². The maximum absolute atomic E-state index is 14.6. The second kappa shape index (κ2) is 7.77. The summed E-state index contributed by atoms with van der Waals surface area (Å²) in [5.41, 5.74) is -2.40. The predicted molar refractivity (Wildman–Crippen MR) is 122 cm³/mol. The fourth-order valence-corrected chi connectivity index (χ4v) is 4.21. The third-order valence-electron chi connectivity index (χ3n) is 5.83. The number of phenols is 1. The molecule has 170 valence electrons. The second-order valence-corrected chi connectivity index (χ2v) is 7.90. The van der Waals surface area contributed by atoms with Gasteiger partial charge in [-0.05, 0) is 48.4 Å². The van der Waals surface area contributed by atoms with Crippen molar-refractivity contribution in [1.82, 2.24) is 0 Å². The van der Waals surface area contributed by atoms with Crippen LogP contribution in [0.5, 0.6) is 17.2 Å². The number of rotatable bonds is 3. The van der Waals surface area contributed by atoms with Crippen LogP contribution >= 0.6 is 0 Å². The number of halogens is 1. The molecule has 0 aliphatic carbocycles. The van der Waals surface area contributed by atoms with Gasteiger partial charge < -0.3 is 24.2 Å². The van der Waals surface area contributed by atoms with E-state index >= 15 is 0 Å². The Kier molecular flexibility index (Phi) is 4.86. The average molecular weight is 460 g/mol. The van der Waals surface area contributed by atoms with Crippen molar-refractivity contribution in [3.63, 3.8) is 0 Å². The van der Waals surface area contributed by atoms with Crippen molar-refractivity contribution in [3.05, 3.63) is 110 Å². The fourth-order valence-electron chi connectivity index (χ4n) is 4.21. The van der Waals surface area contributed by atoms with Crippen LogP contribution in [-0.4, -0.2) is 15.3 Å². The lowest BCUT2D eigenvalue weighted by atomic mass is 9.84. The molecule has 5 aromatic rings. The van der Waals surface area contributed by atoms with Crippen molar-refractivity contribution in [2.24, 2.45) is 0 Å². The fraction of sp³-hybridized carbons (Fsp3) is 0.0769. The summed E-state index contributed by atoms with van der Waals surface area (Å²) in [4.78, 5) is 26.2. The summed E-state index contributed by atoms with van der Waals surface area (Å²) in [7, 11) is 0. The number of phenolic OH excluding ortho intramolecular Hbond substituents is 1. The van der Waals surface area contributed by atoms with E-state index in [0.717, 1.165) is 6.07 Å². The van der Waals surface area contributed by atoms with E-state index in [-0.39, 0.29) is 44.2 Å². The Morgan fingerprint density at radius 3 is 1.68 bits per heavy atom. The summed E-state index contributed by atoms with van der Waals surface area (Å²) in [6, 6.07) is 14.7. The molecule has 5 rings (SSSR count). The standard InChI is InChI=1S/C26H17FO7/c1-12-10-13(11-16(27)22(12)28)19(20-23(29)14-6-2-4-8-17(14)33-25(20)31)21-24(30)15-7-3-5-9-18(15)34-26(21)32/h2-11,19,28-30H,1H3. The Morgan fingerprint density at radius 2 is 1.21 bits per heavy atom. The van der Waals surface area contributed by atoms with E-state index < -0.39 is 40.2 Å². The van der Waals surface area contributed by atoms with E-state index in [9.17, 15) is 29.3 Å². The molecule has 0 atom stereocenters. The van der Waals surface area contributed by atoms with Crippen LogP contribution < -0.4 is 11.3 Å². The number of fused-ring (bicyclic) bond motifs is 2. The first kappa shape index (κ1) is 21.3. The summed E-state index contributed by atoms with van der Waals surface area (Å²) in [6.07, 6.45) is 0. The van der Waals surface area contributed by atoms with Crippen molar-refractivity contribution >= 4 is 21.9 Å². The number of para-hydroxylation sites is 2. The van der Waals surface area contributed by atoms with Crippen LogP contribution in [0.3, 0.4) is 0 Å². The monoisotopic (exact) mass is 460 g/mol. The van der Waals surface area contributed by atoms with Crippen LogP contribution in [0.1, 0.15) is 28.2 Å². The normalized spacial score (nSPS) is 11.5. The molecule has 3 N–H and O–H groups in total. The Hall–Kier alpha value is -4.59. The van der Waals surface area contributed by atoms with Crippen molar-refractivity contribution in [2.75, 3.05) is 0 Å². The predicted octanol–water partition coefficient (Wildman–Crippen LogP) is 4.64. The zero-order valence-corrected chi connectivity index (χ0v) is 17.7. The summed E-state index contributed by atoms with van der Waals surface area (Å²) >= 11 is 0. The van der Waals surface area contributed by atoms with Crippen LogP contribution in [-0.2, 0) is 0 Å². The first-order valence-corrected chi connectivity index (χ1v) is 10.3. The number of benzene rings is 3. The molecule has 0 bridgehead atoms. The minimum Gasteiger partial charge on any atom is -0.507 e. The molecule has 0 unspecified atom stereocenters. The van der Waals surface area contributed by atoms with Crippen LogP contribution in [0.2, 0.25) is 0 Å². The number of aromatic hydroxyl groups is 3. The Balaban J connectivity index is 1.94. The average Bonchev–Trinajstić information content (AvgIpc) is 2.81. The second-order valence-electron chi connectivity index (χ2n) is 7.90. The van der Waals surface area contributed by atoms with Crippen molar-refractivity contribution in [3.8, 4) is 17.2 Å². The number of hydrogen-bond donors (Lipinski definition) is 3. The smallest absolute Gasteiger partial charge is 0.344 e. The van der Waals surface area contributed by atoms with Crippen molar-refractivity contribution in [2.45, 2.75) is 12.8 Å². The minimum absolute atomic E-state index is 0.0172. The van der Waals surface area contributed by atoms with E-state index in [0.29, 0.717) is 0 Å². The summed E-state index contributed by atoms with van der Waals surface area (Å²) in [5, 5.41) is 32.5. The Labute approximate surface area is 190 Å². The number of hydrogen-bond acceptors (Lipinski definition) is 7. The molecule has 0 aliphatic heterocycles. The van der Waals surface area contributed by atoms with Gasteiger partial charge in [-0.2, -0.15) is 0 Å². The van der Waals surface area contributed by atoms with E-state index in [2.05, 4.69) is 0 Å². The van der Waals surface area contributed by atoms with Crippen LogP contribution in [0.15, 0.2) is 79.1 Å². The van der Waals surface area contributed by atoms with Crippen molar-refractivity contribution in [1.29, 1.82) is 0 Å². The molecule has 34 heavy (non-hydrogen) atoms. The van der Waals surface area contributed by atoms with Gasteiger partial charge in [0.15, 0.2) is 11.6 Å². The molecule has 0 aliphatic rings. The molecular formula is C26H17FO7. The van der Waals surface area contributed by atoms with Gasteiger partial charge in [-0.25, -0.2) is 14.0 Å². The summed E-state index contributed by atoms with van der Waals surface area (Å²) in [6.45, 7) is 1.43. The molecule has 7 nitrogen and oxygen atoms in total. The van der Waals surface area contributed by atoms with E-state index in [4.69, 9.17) is 8.83 Å². The molecule has 0 amide bonds. The molecule has 8 heteroatoms. The lowest BCUT2D eigenvalue weighted by Gasteiger charge is -2.20. The van der Waals surface area contributed by atoms with Gasteiger partial charge in [0.05, 0.1) is 27.8 Å². The highest BCUT2D eigenvalue weighted by atomic mass is 19.1. The van der Waals surface area contributed by atoms with Gasteiger partial charge in [-0.15, -0.1) is 0 Å². The van der Waals surface area contributed by atoms with E-state index in [1.54, 1.807) is 24.3 Å². The molecule has 0 saturated carbocycles. The molecule has 0 radical (unpaired) electrons. The first-order chi connectivity index (χ1) is 16.3. The number of aryl methyl sites for hydroxylation is 1. The lowest BCUT2D eigenvalue weighted by Crippen LogP contribution is -2.21. The highest BCUT2D eigenvalue weighted by molar-refractivity contribution is 5.87. The van der Waals surface area contributed by atoms with Gasteiger partial charge in [0.1, 0.15) is 22.7 Å².